The van der Waals surface area contributed by atoms with E-state index >= 15 is 0 Å². The van der Waals surface area contributed by atoms with Gasteiger partial charge in [0.25, 0.3) is 0 Å². The minimum atomic E-state index is -7.52. The zero-order valence-corrected chi connectivity index (χ0v) is 11.3. The van der Waals surface area contributed by atoms with E-state index in [0.29, 0.717) is 0 Å². The molecule has 0 atom stereocenters. The Morgan fingerprint density at radius 2 is 0.417 bits per heavy atom. The van der Waals surface area contributed by atoms with E-state index in [1.54, 1.807) is 0 Å². The van der Waals surface area contributed by atoms with Crippen molar-refractivity contribution in [3.8, 4) is 0 Å². The van der Waals surface area contributed by atoms with Gasteiger partial charge in [-0.2, -0.15) is 52.7 Å². The van der Waals surface area contributed by atoms with E-state index in [4.69, 9.17) is 0 Å². The van der Waals surface area contributed by atoms with Crippen molar-refractivity contribution in [3.63, 3.8) is 0 Å². The highest BCUT2D eigenvalue weighted by molar-refractivity contribution is 5.26. The number of rotatable bonds is 0. The summed E-state index contributed by atoms with van der Waals surface area (Å²) in [5.74, 6) is -44.5. The molecule has 14 heteroatoms. The van der Waals surface area contributed by atoms with Crippen LogP contribution in [-0.4, -0.2) is 46.9 Å². The lowest BCUT2D eigenvalue weighted by atomic mass is 9.71. The van der Waals surface area contributed by atoms with E-state index in [1.807, 2.05) is 0 Å². The summed E-state index contributed by atoms with van der Waals surface area (Å²) in [6.07, 6.45) is 0. The van der Waals surface area contributed by atoms with Crippen LogP contribution in [0.4, 0.5) is 61.5 Å². The van der Waals surface area contributed by atoms with Crippen LogP contribution >= 0.6 is 0 Å². The highest BCUT2D eigenvalue weighted by atomic mass is 19.4. The fourth-order valence-electron chi connectivity index (χ4n) is 1.97. The van der Waals surface area contributed by atoms with Crippen LogP contribution in [0.1, 0.15) is 13.8 Å². The first-order chi connectivity index (χ1) is 10.0. The topological polar surface area (TPSA) is 0 Å². The van der Waals surface area contributed by atoms with Gasteiger partial charge in [-0.1, -0.05) is 0 Å². The van der Waals surface area contributed by atoms with Crippen molar-refractivity contribution in [3.05, 3.63) is 0 Å². The van der Waals surface area contributed by atoms with Gasteiger partial charge in [-0.3, -0.25) is 0 Å². The lowest BCUT2D eigenvalue weighted by molar-refractivity contribution is -0.468. The van der Waals surface area contributed by atoms with Gasteiger partial charge in [0.15, 0.2) is 0 Å². The Balaban J connectivity index is 4.09. The van der Waals surface area contributed by atoms with Gasteiger partial charge in [-0.15, -0.1) is 0 Å². The van der Waals surface area contributed by atoms with Crippen LogP contribution in [0.15, 0.2) is 0 Å². The molecule has 0 nitrogen and oxygen atoms in total. The summed E-state index contributed by atoms with van der Waals surface area (Å²) in [5, 5.41) is 0. The maximum atomic E-state index is 13.5. The molecule has 1 aliphatic carbocycles. The quantitative estimate of drug-likeness (QED) is 0.493. The summed E-state index contributed by atoms with van der Waals surface area (Å²) in [7, 11) is 0. The molecule has 1 fully saturated rings. The van der Waals surface area contributed by atoms with Crippen molar-refractivity contribution in [2.24, 2.45) is 0 Å². The Kier molecular flexibility index (Phi) is 3.86. The molecule has 0 aromatic heterocycles. The van der Waals surface area contributed by atoms with Gasteiger partial charge in [-0.25, -0.2) is 8.78 Å². The smallest absolute Gasteiger partial charge is 0.230 e. The predicted molar refractivity (Wildman–Crippen MR) is 48.7 cm³/mol. The van der Waals surface area contributed by atoms with Crippen molar-refractivity contribution in [2.75, 3.05) is 0 Å². The van der Waals surface area contributed by atoms with E-state index in [-0.39, 0.29) is 0 Å². The van der Waals surface area contributed by atoms with Gasteiger partial charge >= 0.3 is 35.5 Å². The third-order valence-electron chi connectivity index (χ3n) is 3.94. The van der Waals surface area contributed by atoms with Crippen molar-refractivity contribution in [2.45, 2.75) is 60.7 Å². The largest absolute Gasteiger partial charge is 0.379 e. The molecule has 1 rings (SSSR count). The van der Waals surface area contributed by atoms with Gasteiger partial charge in [0, 0.05) is 0 Å². The lowest BCUT2D eigenvalue weighted by Gasteiger charge is -2.52. The fourth-order valence-corrected chi connectivity index (χ4v) is 1.97. The molecule has 24 heavy (non-hydrogen) atoms. The van der Waals surface area contributed by atoms with Crippen molar-refractivity contribution in [1.82, 2.24) is 0 Å². The molecule has 0 aliphatic heterocycles. The summed E-state index contributed by atoms with van der Waals surface area (Å²) >= 11 is 0. The van der Waals surface area contributed by atoms with Gasteiger partial charge in [0.2, 0.25) is 11.3 Å². The number of hydrogen-bond acceptors (Lipinski definition) is 0. The molecule has 1 aliphatic rings. The van der Waals surface area contributed by atoms with Gasteiger partial charge in [0.05, 0.1) is 0 Å². The van der Waals surface area contributed by atoms with E-state index in [9.17, 15) is 61.5 Å². The molecule has 0 spiro atoms. The second-order valence-electron chi connectivity index (χ2n) is 5.45. The van der Waals surface area contributed by atoms with Crippen LogP contribution in [0.2, 0.25) is 0 Å². The van der Waals surface area contributed by atoms with Crippen molar-refractivity contribution in [1.29, 1.82) is 0 Å². The molecule has 0 radical (unpaired) electrons. The van der Waals surface area contributed by atoms with Crippen LogP contribution in [0.3, 0.4) is 0 Å². The van der Waals surface area contributed by atoms with E-state index in [2.05, 4.69) is 0 Å². The van der Waals surface area contributed by atoms with E-state index in [1.165, 1.54) is 0 Å². The first-order valence-corrected chi connectivity index (χ1v) is 5.65. The molecule has 0 heterocycles. The SMILES string of the molecule is CC1(F)C(F)(F)C(F)(F)C(F)(F)C(C)(F)C(F)(F)C(F)(F)C1(F)F. The zero-order valence-electron chi connectivity index (χ0n) is 11.3. The molecule has 144 valence electrons. The Morgan fingerprint density at radius 3 is 0.542 bits per heavy atom. The van der Waals surface area contributed by atoms with Crippen molar-refractivity contribution >= 4 is 0 Å². The highest BCUT2D eigenvalue weighted by Gasteiger charge is 2.98. The molecule has 0 aromatic carbocycles. The van der Waals surface area contributed by atoms with Gasteiger partial charge in [-0.05, 0) is 13.8 Å². The predicted octanol–water partition coefficient (Wildman–Crippen LogP) is 5.27. The molecule has 0 bridgehead atoms. The second kappa shape index (κ2) is 4.40. The van der Waals surface area contributed by atoms with Crippen LogP contribution in [0.25, 0.3) is 0 Å². The third-order valence-corrected chi connectivity index (χ3v) is 3.94. The Bertz CT molecular complexity index is 352. The standard InChI is InChI=1S/C10H6F14/c1-3(11)5(13,14)9(21,22)7(17,18)4(2,12)8(19,20)10(23,24)6(3,15)16/h1-2H3. The maximum absolute atomic E-state index is 13.5. The molecule has 0 amide bonds. The molecule has 0 saturated heterocycles. The van der Waals surface area contributed by atoms with Crippen LogP contribution in [0.5, 0.6) is 0 Å². The first kappa shape index (κ1) is 21.1. The summed E-state index contributed by atoms with van der Waals surface area (Å²) < 4.78 is 186. The second-order valence-corrected chi connectivity index (χ2v) is 5.45. The number of halogens is 14. The van der Waals surface area contributed by atoms with Crippen LogP contribution in [-0.2, 0) is 0 Å². The van der Waals surface area contributed by atoms with Crippen LogP contribution < -0.4 is 0 Å². The molecule has 0 unspecified atom stereocenters. The summed E-state index contributed by atoms with van der Waals surface area (Å²) in [5.41, 5.74) is -13.2. The molecular formula is C10H6F14. The van der Waals surface area contributed by atoms with Crippen molar-refractivity contribution < 1.29 is 61.5 Å². The van der Waals surface area contributed by atoms with Gasteiger partial charge < -0.3 is 0 Å². The summed E-state index contributed by atoms with van der Waals surface area (Å²) in [4.78, 5) is 0. The average Bonchev–Trinajstić information content (AvgIpc) is 2.35. The maximum Gasteiger partial charge on any atom is 0.379 e. The Labute approximate surface area is 123 Å². The lowest BCUT2D eigenvalue weighted by Crippen LogP contribution is -2.83. The fraction of sp³-hybridized carbons (Fsp3) is 1.00. The summed E-state index contributed by atoms with van der Waals surface area (Å²) in [6.45, 7) is -2.77. The third kappa shape index (κ3) is 1.67. The first-order valence-electron chi connectivity index (χ1n) is 5.65. The highest BCUT2D eigenvalue weighted by Crippen LogP contribution is 2.69. The minimum absolute atomic E-state index is 1.39. The molecule has 0 N–H and O–H groups in total. The summed E-state index contributed by atoms with van der Waals surface area (Å²) in [6, 6.07) is 0. The van der Waals surface area contributed by atoms with Crippen LogP contribution in [0, 0.1) is 0 Å². The number of hydrogen-bond donors (Lipinski definition) is 0. The Hall–Kier alpha value is -0.980. The molecular weight excluding hydrogens is 386 g/mol. The average molecular weight is 392 g/mol. The van der Waals surface area contributed by atoms with Gasteiger partial charge in [0.1, 0.15) is 0 Å². The van der Waals surface area contributed by atoms with E-state index < -0.39 is 60.7 Å². The van der Waals surface area contributed by atoms with E-state index in [0.717, 1.165) is 0 Å². The monoisotopic (exact) mass is 392 g/mol. The Morgan fingerprint density at radius 1 is 0.292 bits per heavy atom. The minimum Gasteiger partial charge on any atom is -0.230 e. The molecule has 1 saturated carbocycles. The zero-order chi connectivity index (χ0) is 20.0. The number of alkyl halides is 14. The normalized spacial score (nSPS) is 42.0. The molecule has 0 aromatic rings.